The first-order valence-corrected chi connectivity index (χ1v) is 9.16. The summed E-state index contributed by atoms with van der Waals surface area (Å²) < 4.78 is 12.9. The number of nitrogen functional groups attached to an aromatic ring is 1. The van der Waals surface area contributed by atoms with Crippen LogP contribution in [0.4, 0.5) is 10.1 Å². The summed E-state index contributed by atoms with van der Waals surface area (Å²) in [5.41, 5.74) is 9.05. The van der Waals surface area contributed by atoms with Crippen LogP contribution in [0.2, 0.25) is 0 Å². The molecule has 1 amide bonds. The summed E-state index contributed by atoms with van der Waals surface area (Å²) in [7, 11) is 0. The van der Waals surface area contributed by atoms with E-state index >= 15 is 0 Å². The van der Waals surface area contributed by atoms with Gasteiger partial charge in [-0.25, -0.2) is 4.39 Å². The van der Waals surface area contributed by atoms with E-state index in [-0.39, 0.29) is 30.2 Å². The number of halogens is 2. The van der Waals surface area contributed by atoms with Gasteiger partial charge in [-0.3, -0.25) is 4.79 Å². The van der Waals surface area contributed by atoms with Crippen molar-refractivity contribution in [2.24, 2.45) is 0 Å². The molecular weight excluding hydrogens is 359 g/mol. The number of amides is 1. The molecule has 0 aromatic heterocycles. The molecule has 0 fully saturated rings. The number of thioether (sulfide) groups is 1. The van der Waals surface area contributed by atoms with Crippen molar-refractivity contribution in [1.29, 1.82) is 0 Å². The zero-order chi connectivity index (χ0) is 16.9. The summed E-state index contributed by atoms with van der Waals surface area (Å²) in [6, 6.07) is 12.4. The van der Waals surface area contributed by atoms with Crippen LogP contribution in [0.3, 0.4) is 0 Å². The second-order valence-corrected chi connectivity index (χ2v) is 7.19. The molecule has 0 bridgehead atoms. The molecule has 3 nitrogen and oxygen atoms in total. The van der Waals surface area contributed by atoms with Gasteiger partial charge >= 0.3 is 0 Å². The Hall–Kier alpha value is -1.72. The highest BCUT2D eigenvalue weighted by atomic mass is 35.5. The number of carbonyl (C=O) groups is 1. The van der Waals surface area contributed by atoms with E-state index in [9.17, 15) is 9.18 Å². The Balaban J connectivity index is 0.00000225. The van der Waals surface area contributed by atoms with Crippen molar-refractivity contribution in [1.82, 2.24) is 5.32 Å². The number of benzene rings is 2. The molecule has 1 atom stereocenters. The Labute approximate surface area is 158 Å². The average molecular weight is 381 g/mol. The number of hydrogen-bond donors (Lipinski definition) is 2. The minimum absolute atomic E-state index is 0. The van der Waals surface area contributed by atoms with Crippen molar-refractivity contribution in [3.63, 3.8) is 0 Å². The van der Waals surface area contributed by atoms with Gasteiger partial charge in [-0.15, -0.1) is 24.2 Å². The second-order valence-electron chi connectivity index (χ2n) is 6.02. The SMILES string of the molecule is Cl.Nc1ccc2c(c1)CCCC2NC(=O)CCSc1ccc(F)cc1. The topological polar surface area (TPSA) is 55.1 Å². The quantitative estimate of drug-likeness (QED) is 0.593. The fourth-order valence-electron chi connectivity index (χ4n) is 3.04. The lowest BCUT2D eigenvalue weighted by atomic mass is 9.87. The third kappa shape index (κ3) is 5.38. The number of nitrogens with two attached hydrogens (primary N) is 1. The Bertz CT molecular complexity index is 724. The van der Waals surface area contributed by atoms with E-state index in [1.54, 1.807) is 23.9 Å². The number of rotatable bonds is 5. The maximum atomic E-state index is 12.9. The number of nitrogens with one attached hydrogen (secondary N) is 1. The van der Waals surface area contributed by atoms with E-state index in [4.69, 9.17) is 5.73 Å². The fourth-order valence-corrected chi connectivity index (χ4v) is 3.89. The fraction of sp³-hybridized carbons (Fsp3) is 0.316. The third-order valence-electron chi connectivity index (χ3n) is 4.23. The number of anilines is 1. The van der Waals surface area contributed by atoms with Gasteiger partial charge in [0.1, 0.15) is 5.82 Å². The highest BCUT2D eigenvalue weighted by molar-refractivity contribution is 7.99. The molecule has 1 unspecified atom stereocenters. The van der Waals surface area contributed by atoms with Gasteiger partial charge in [0, 0.05) is 22.8 Å². The summed E-state index contributed by atoms with van der Waals surface area (Å²) in [5.74, 6) is 0.492. The van der Waals surface area contributed by atoms with Gasteiger partial charge in [-0.2, -0.15) is 0 Å². The maximum Gasteiger partial charge on any atom is 0.221 e. The standard InChI is InChI=1S/C19H21FN2OS.ClH/c20-14-4-7-16(8-5-14)24-11-10-19(23)22-18-3-1-2-13-12-15(21)6-9-17(13)18;/h4-9,12,18H,1-3,10-11,21H2,(H,22,23);1H. The summed E-state index contributed by atoms with van der Waals surface area (Å²) in [6.07, 6.45) is 3.50. The molecule has 6 heteroatoms. The smallest absolute Gasteiger partial charge is 0.221 e. The van der Waals surface area contributed by atoms with E-state index < -0.39 is 0 Å². The molecule has 0 spiro atoms. The molecule has 25 heavy (non-hydrogen) atoms. The van der Waals surface area contributed by atoms with E-state index in [1.807, 2.05) is 18.2 Å². The van der Waals surface area contributed by atoms with Gasteiger partial charge in [0.25, 0.3) is 0 Å². The Morgan fingerprint density at radius 2 is 2.00 bits per heavy atom. The zero-order valence-corrected chi connectivity index (χ0v) is 15.5. The van der Waals surface area contributed by atoms with Crippen LogP contribution in [-0.4, -0.2) is 11.7 Å². The zero-order valence-electron chi connectivity index (χ0n) is 13.8. The number of carbonyl (C=O) groups excluding carboxylic acids is 1. The molecule has 2 aromatic rings. The monoisotopic (exact) mass is 380 g/mol. The van der Waals surface area contributed by atoms with E-state index in [0.29, 0.717) is 12.2 Å². The highest BCUT2D eigenvalue weighted by Crippen LogP contribution is 2.31. The molecule has 0 radical (unpaired) electrons. The van der Waals surface area contributed by atoms with Crippen LogP contribution >= 0.6 is 24.2 Å². The number of fused-ring (bicyclic) bond motifs is 1. The Morgan fingerprint density at radius 3 is 2.76 bits per heavy atom. The largest absolute Gasteiger partial charge is 0.399 e. The summed E-state index contributed by atoms with van der Waals surface area (Å²) in [6.45, 7) is 0. The van der Waals surface area contributed by atoms with Gasteiger partial charge in [-0.1, -0.05) is 6.07 Å². The lowest BCUT2D eigenvalue weighted by Gasteiger charge is -2.26. The van der Waals surface area contributed by atoms with Gasteiger partial charge < -0.3 is 11.1 Å². The van der Waals surface area contributed by atoms with Crippen LogP contribution in [0.1, 0.15) is 36.4 Å². The molecule has 1 aliphatic carbocycles. The average Bonchev–Trinajstić information content (AvgIpc) is 2.56. The third-order valence-corrected chi connectivity index (χ3v) is 5.24. The van der Waals surface area contributed by atoms with Crippen LogP contribution < -0.4 is 11.1 Å². The predicted octanol–water partition coefficient (Wildman–Crippen LogP) is 4.51. The van der Waals surface area contributed by atoms with E-state index in [2.05, 4.69) is 5.32 Å². The van der Waals surface area contributed by atoms with Crippen molar-refractivity contribution in [3.8, 4) is 0 Å². The predicted molar refractivity (Wildman–Crippen MR) is 104 cm³/mol. The molecule has 0 saturated carbocycles. The van der Waals surface area contributed by atoms with Crippen LogP contribution in [-0.2, 0) is 11.2 Å². The molecule has 0 aliphatic heterocycles. The molecule has 3 rings (SSSR count). The van der Waals surface area contributed by atoms with E-state index in [0.717, 1.165) is 29.8 Å². The van der Waals surface area contributed by atoms with Crippen molar-refractivity contribution < 1.29 is 9.18 Å². The Morgan fingerprint density at radius 1 is 1.24 bits per heavy atom. The van der Waals surface area contributed by atoms with Crippen LogP contribution in [0.15, 0.2) is 47.4 Å². The minimum Gasteiger partial charge on any atom is -0.399 e. The second kappa shape index (κ2) is 9.11. The van der Waals surface area contributed by atoms with Crippen molar-refractivity contribution in [2.45, 2.75) is 36.6 Å². The van der Waals surface area contributed by atoms with Gasteiger partial charge in [0.15, 0.2) is 0 Å². The summed E-state index contributed by atoms with van der Waals surface area (Å²) in [4.78, 5) is 13.2. The van der Waals surface area contributed by atoms with Gasteiger partial charge in [0.05, 0.1) is 6.04 Å². The van der Waals surface area contributed by atoms with Crippen molar-refractivity contribution >= 4 is 35.8 Å². The molecule has 1 aliphatic rings. The molecule has 3 N–H and O–H groups in total. The maximum absolute atomic E-state index is 12.9. The van der Waals surface area contributed by atoms with Crippen LogP contribution in [0.25, 0.3) is 0 Å². The number of aryl methyl sites for hydroxylation is 1. The first-order chi connectivity index (χ1) is 11.6. The van der Waals surface area contributed by atoms with Gasteiger partial charge in [-0.05, 0) is 66.8 Å². The molecular formula is C19H22ClFN2OS. The molecule has 134 valence electrons. The highest BCUT2D eigenvalue weighted by Gasteiger charge is 2.21. The van der Waals surface area contributed by atoms with Crippen molar-refractivity contribution in [3.05, 3.63) is 59.4 Å². The molecule has 0 heterocycles. The first-order valence-electron chi connectivity index (χ1n) is 8.18. The van der Waals surface area contributed by atoms with Crippen LogP contribution in [0, 0.1) is 5.82 Å². The van der Waals surface area contributed by atoms with Crippen molar-refractivity contribution in [2.75, 3.05) is 11.5 Å². The first kappa shape index (κ1) is 19.6. The van der Waals surface area contributed by atoms with E-state index in [1.165, 1.54) is 23.3 Å². The van der Waals surface area contributed by atoms with Gasteiger partial charge in [0.2, 0.25) is 5.91 Å². The Kier molecular flexibility index (Phi) is 7.14. The lowest BCUT2D eigenvalue weighted by Crippen LogP contribution is -2.31. The summed E-state index contributed by atoms with van der Waals surface area (Å²) >= 11 is 1.56. The number of hydrogen-bond acceptors (Lipinski definition) is 3. The molecule has 2 aromatic carbocycles. The lowest BCUT2D eigenvalue weighted by molar-refractivity contribution is -0.121. The minimum atomic E-state index is -0.242. The molecule has 0 saturated heterocycles. The normalized spacial score (nSPS) is 15.8. The summed E-state index contributed by atoms with van der Waals surface area (Å²) in [5, 5.41) is 3.14. The van der Waals surface area contributed by atoms with Crippen LogP contribution in [0.5, 0.6) is 0 Å².